The summed E-state index contributed by atoms with van der Waals surface area (Å²) in [5.74, 6) is -1.14. The average Bonchev–Trinajstić information content (AvgIpc) is 2.90. The summed E-state index contributed by atoms with van der Waals surface area (Å²) in [6.07, 6.45) is 2.94. The van der Waals surface area contributed by atoms with Gasteiger partial charge in [0.15, 0.2) is 5.69 Å². The third-order valence-electron chi connectivity index (χ3n) is 2.64. The SMILES string of the molecule is Cc1ncccc1NC(=O)NCCn1cc(C(=O)O)nn1. The summed E-state index contributed by atoms with van der Waals surface area (Å²) in [7, 11) is 0. The molecule has 0 aliphatic carbocycles. The van der Waals surface area contributed by atoms with Gasteiger partial charge in [0.25, 0.3) is 0 Å². The largest absolute Gasteiger partial charge is 0.476 e. The summed E-state index contributed by atoms with van der Waals surface area (Å²) in [5.41, 5.74) is 1.21. The van der Waals surface area contributed by atoms with E-state index in [1.165, 1.54) is 10.9 Å². The van der Waals surface area contributed by atoms with Crippen LogP contribution in [-0.2, 0) is 6.54 Å². The van der Waals surface area contributed by atoms with E-state index >= 15 is 0 Å². The Kier molecular flexibility index (Phi) is 4.44. The van der Waals surface area contributed by atoms with Gasteiger partial charge in [-0.3, -0.25) is 4.98 Å². The maximum Gasteiger partial charge on any atom is 0.358 e. The van der Waals surface area contributed by atoms with Crippen LogP contribution in [0.4, 0.5) is 10.5 Å². The van der Waals surface area contributed by atoms with Crippen molar-refractivity contribution >= 4 is 17.7 Å². The topological polar surface area (TPSA) is 122 Å². The first-order valence-corrected chi connectivity index (χ1v) is 6.16. The number of amides is 2. The highest BCUT2D eigenvalue weighted by molar-refractivity contribution is 5.89. The van der Waals surface area contributed by atoms with E-state index in [4.69, 9.17) is 5.11 Å². The van der Waals surface area contributed by atoms with Gasteiger partial charge in [0.05, 0.1) is 24.1 Å². The lowest BCUT2D eigenvalue weighted by Crippen LogP contribution is -2.31. The van der Waals surface area contributed by atoms with Gasteiger partial charge in [-0.1, -0.05) is 5.21 Å². The van der Waals surface area contributed by atoms with E-state index in [2.05, 4.69) is 25.9 Å². The second-order valence-corrected chi connectivity index (χ2v) is 4.19. The van der Waals surface area contributed by atoms with Crippen molar-refractivity contribution in [1.82, 2.24) is 25.3 Å². The zero-order valence-electron chi connectivity index (χ0n) is 11.3. The molecule has 0 unspecified atom stereocenters. The van der Waals surface area contributed by atoms with Crippen LogP contribution in [0.3, 0.4) is 0 Å². The highest BCUT2D eigenvalue weighted by Gasteiger charge is 2.08. The monoisotopic (exact) mass is 290 g/mol. The Morgan fingerprint density at radius 3 is 2.90 bits per heavy atom. The van der Waals surface area contributed by atoms with Crippen LogP contribution in [0, 0.1) is 6.92 Å². The van der Waals surface area contributed by atoms with Crippen molar-refractivity contribution in [3.05, 3.63) is 35.9 Å². The predicted molar refractivity (Wildman–Crippen MR) is 73.0 cm³/mol. The second kappa shape index (κ2) is 6.46. The Hall–Kier alpha value is -2.97. The van der Waals surface area contributed by atoms with Crippen LogP contribution in [0.1, 0.15) is 16.2 Å². The molecule has 0 saturated carbocycles. The van der Waals surface area contributed by atoms with Gasteiger partial charge >= 0.3 is 12.0 Å². The summed E-state index contributed by atoms with van der Waals surface area (Å²) < 4.78 is 1.35. The Balaban J connectivity index is 1.79. The molecule has 2 amide bonds. The first kappa shape index (κ1) is 14.4. The van der Waals surface area contributed by atoms with Crippen LogP contribution in [0.25, 0.3) is 0 Å². The number of carbonyl (C=O) groups excluding carboxylic acids is 1. The number of carboxylic acids is 1. The van der Waals surface area contributed by atoms with Gasteiger partial charge < -0.3 is 15.7 Å². The maximum absolute atomic E-state index is 11.7. The summed E-state index contributed by atoms with van der Waals surface area (Å²) in [6.45, 7) is 2.39. The van der Waals surface area contributed by atoms with E-state index in [-0.39, 0.29) is 18.3 Å². The highest BCUT2D eigenvalue weighted by atomic mass is 16.4. The van der Waals surface area contributed by atoms with Crippen LogP contribution in [0.2, 0.25) is 0 Å². The summed E-state index contributed by atoms with van der Waals surface area (Å²) in [5, 5.41) is 21.1. The molecule has 0 atom stereocenters. The zero-order chi connectivity index (χ0) is 15.2. The summed E-state index contributed by atoms with van der Waals surface area (Å²) >= 11 is 0. The van der Waals surface area contributed by atoms with Crippen LogP contribution < -0.4 is 10.6 Å². The van der Waals surface area contributed by atoms with E-state index in [0.29, 0.717) is 12.2 Å². The number of anilines is 1. The number of nitrogens with zero attached hydrogens (tertiary/aromatic N) is 4. The fourth-order valence-electron chi connectivity index (χ4n) is 1.57. The van der Waals surface area contributed by atoms with Gasteiger partial charge in [-0.15, -0.1) is 5.10 Å². The van der Waals surface area contributed by atoms with Gasteiger partial charge in [-0.25, -0.2) is 14.3 Å². The molecule has 2 heterocycles. The molecule has 21 heavy (non-hydrogen) atoms. The number of pyridine rings is 1. The lowest BCUT2D eigenvalue weighted by atomic mass is 10.3. The van der Waals surface area contributed by atoms with Crippen LogP contribution >= 0.6 is 0 Å². The van der Waals surface area contributed by atoms with E-state index in [1.54, 1.807) is 25.3 Å². The minimum atomic E-state index is -1.14. The van der Waals surface area contributed by atoms with Crippen molar-refractivity contribution in [2.24, 2.45) is 0 Å². The zero-order valence-corrected chi connectivity index (χ0v) is 11.3. The Morgan fingerprint density at radius 1 is 1.43 bits per heavy atom. The van der Waals surface area contributed by atoms with Gasteiger partial charge in [0, 0.05) is 12.7 Å². The minimum absolute atomic E-state index is 0.134. The predicted octanol–water partition coefficient (Wildman–Crippen LogP) is 0.501. The molecular weight excluding hydrogens is 276 g/mol. The van der Waals surface area contributed by atoms with Gasteiger partial charge in [-0.05, 0) is 19.1 Å². The molecule has 0 aromatic carbocycles. The molecule has 0 fully saturated rings. The van der Waals surface area contributed by atoms with Crippen molar-refractivity contribution < 1.29 is 14.7 Å². The van der Waals surface area contributed by atoms with E-state index in [0.717, 1.165) is 5.69 Å². The van der Waals surface area contributed by atoms with E-state index in [9.17, 15) is 9.59 Å². The second-order valence-electron chi connectivity index (χ2n) is 4.19. The summed E-state index contributed by atoms with van der Waals surface area (Å²) in [6, 6.07) is 3.11. The smallest absolute Gasteiger partial charge is 0.358 e. The Labute approximate surface area is 120 Å². The van der Waals surface area contributed by atoms with Crippen molar-refractivity contribution in [3.8, 4) is 0 Å². The van der Waals surface area contributed by atoms with Gasteiger partial charge in [0.2, 0.25) is 0 Å². The molecule has 0 aliphatic rings. The number of carbonyl (C=O) groups is 2. The first-order chi connectivity index (χ1) is 10.1. The Morgan fingerprint density at radius 2 is 2.24 bits per heavy atom. The number of aryl methyl sites for hydroxylation is 1. The number of hydrogen-bond donors (Lipinski definition) is 3. The number of hydrogen-bond acceptors (Lipinski definition) is 5. The number of nitrogens with one attached hydrogen (secondary N) is 2. The fraction of sp³-hybridized carbons (Fsp3) is 0.250. The fourth-order valence-corrected chi connectivity index (χ4v) is 1.57. The average molecular weight is 290 g/mol. The molecule has 0 aliphatic heterocycles. The van der Waals surface area contributed by atoms with Crippen LogP contribution in [0.5, 0.6) is 0 Å². The first-order valence-electron chi connectivity index (χ1n) is 6.16. The Bertz CT molecular complexity index is 654. The van der Waals surface area contributed by atoms with Gasteiger partial charge in [-0.2, -0.15) is 0 Å². The molecule has 0 saturated heterocycles. The molecule has 3 N–H and O–H groups in total. The normalized spacial score (nSPS) is 10.1. The van der Waals surface area contributed by atoms with E-state index < -0.39 is 5.97 Å². The highest BCUT2D eigenvalue weighted by Crippen LogP contribution is 2.09. The van der Waals surface area contributed by atoms with Gasteiger partial charge in [0.1, 0.15) is 0 Å². The standard InChI is InChI=1S/C12H14N6O3/c1-8-9(3-2-4-13-8)15-12(21)14-5-6-18-7-10(11(19)20)16-17-18/h2-4,7H,5-6H2,1H3,(H,19,20)(H2,14,15,21). The number of carboxylic acid groups (broad SMARTS) is 1. The third kappa shape index (κ3) is 4.00. The molecule has 9 nitrogen and oxygen atoms in total. The molecule has 0 bridgehead atoms. The maximum atomic E-state index is 11.7. The molecular formula is C12H14N6O3. The quantitative estimate of drug-likeness (QED) is 0.737. The lowest BCUT2D eigenvalue weighted by Gasteiger charge is -2.08. The van der Waals surface area contributed by atoms with Crippen molar-refractivity contribution in [3.63, 3.8) is 0 Å². The molecule has 0 radical (unpaired) electrons. The molecule has 2 aromatic heterocycles. The number of rotatable bonds is 5. The van der Waals surface area contributed by atoms with Crippen molar-refractivity contribution in [2.75, 3.05) is 11.9 Å². The number of urea groups is 1. The minimum Gasteiger partial charge on any atom is -0.476 e. The van der Waals surface area contributed by atoms with E-state index in [1.807, 2.05) is 0 Å². The molecule has 110 valence electrons. The third-order valence-corrected chi connectivity index (χ3v) is 2.64. The van der Waals surface area contributed by atoms with Crippen molar-refractivity contribution in [2.45, 2.75) is 13.5 Å². The summed E-state index contributed by atoms with van der Waals surface area (Å²) in [4.78, 5) is 26.4. The molecule has 2 aromatic rings. The molecule has 0 spiro atoms. The number of aromatic nitrogens is 4. The molecule has 9 heteroatoms. The number of aromatic carboxylic acids is 1. The van der Waals surface area contributed by atoms with Crippen molar-refractivity contribution in [1.29, 1.82) is 0 Å². The lowest BCUT2D eigenvalue weighted by molar-refractivity contribution is 0.0690. The van der Waals surface area contributed by atoms with Crippen LogP contribution in [-0.4, -0.2) is 43.6 Å². The van der Waals surface area contributed by atoms with Crippen LogP contribution in [0.15, 0.2) is 24.5 Å². The molecule has 2 rings (SSSR count).